The fourth-order valence-corrected chi connectivity index (χ4v) is 5.78. The molecule has 0 amide bonds. The lowest BCUT2D eigenvalue weighted by atomic mass is 10.4. The molecule has 2 heterocycles. The van der Waals surface area contributed by atoms with Crippen LogP contribution in [0.15, 0.2) is 26.3 Å². The quantitative estimate of drug-likeness (QED) is 0.755. The van der Waals surface area contributed by atoms with Gasteiger partial charge in [-0.05, 0) is 28.5 Å². The van der Waals surface area contributed by atoms with Crippen LogP contribution in [0, 0.1) is 0 Å². The third-order valence-electron chi connectivity index (χ3n) is 2.44. The number of hydrogen-bond donors (Lipinski definition) is 2. The summed E-state index contributed by atoms with van der Waals surface area (Å²) in [7, 11) is -3.52. The number of halogens is 1. The van der Waals surface area contributed by atoms with E-state index in [1.165, 1.54) is 22.7 Å². The Morgan fingerprint density at radius 1 is 1.40 bits per heavy atom. The second kappa shape index (κ2) is 7.10. The molecule has 0 aliphatic heterocycles. The van der Waals surface area contributed by atoms with Crippen molar-refractivity contribution in [2.24, 2.45) is 0 Å². The molecule has 0 aromatic carbocycles. The van der Waals surface area contributed by atoms with Crippen molar-refractivity contribution in [2.45, 2.75) is 24.9 Å². The van der Waals surface area contributed by atoms with Crippen LogP contribution >= 0.6 is 38.6 Å². The topological polar surface area (TPSA) is 71.1 Å². The summed E-state index contributed by atoms with van der Waals surface area (Å²) in [6.07, 6.45) is 1.66. The van der Waals surface area contributed by atoms with Crippen LogP contribution in [-0.2, 0) is 23.1 Å². The lowest BCUT2D eigenvalue weighted by molar-refractivity contribution is 0.581. The zero-order chi connectivity index (χ0) is 14.6. The van der Waals surface area contributed by atoms with Crippen molar-refractivity contribution in [3.8, 4) is 0 Å². The van der Waals surface area contributed by atoms with Crippen molar-refractivity contribution in [3.05, 3.63) is 31.3 Å². The van der Waals surface area contributed by atoms with Gasteiger partial charge in [-0.15, -0.1) is 22.7 Å². The van der Waals surface area contributed by atoms with Crippen molar-refractivity contribution >= 4 is 48.6 Å². The van der Waals surface area contributed by atoms with Crippen molar-refractivity contribution in [1.82, 2.24) is 15.0 Å². The standard InChI is InChI=1S/C11H14BrN3O2S3/c1-2-13-6-8-5-9(11(12)19-8)20(16,17)15-7-10-14-3-4-18-10/h3-5,13,15H,2,6-7H2,1H3. The van der Waals surface area contributed by atoms with Crippen molar-refractivity contribution in [3.63, 3.8) is 0 Å². The van der Waals surface area contributed by atoms with E-state index in [0.717, 1.165) is 16.4 Å². The van der Waals surface area contributed by atoms with Crippen molar-refractivity contribution < 1.29 is 8.42 Å². The zero-order valence-corrected chi connectivity index (χ0v) is 14.8. The summed E-state index contributed by atoms with van der Waals surface area (Å²) in [6, 6.07) is 1.70. The lowest BCUT2D eigenvalue weighted by Gasteiger charge is -2.03. The molecule has 0 saturated carbocycles. The number of thiophene rings is 1. The molecule has 5 nitrogen and oxygen atoms in total. The molecule has 2 rings (SSSR count). The highest BCUT2D eigenvalue weighted by molar-refractivity contribution is 9.11. The summed E-state index contributed by atoms with van der Waals surface area (Å²) in [4.78, 5) is 5.32. The average Bonchev–Trinajstić information content (AvgIpc) is 3.03. The molecular weight excluding hydrogens is 382 g/mol. The summed E-state index contributed by atoms with van der Waals surface area (Å²) >= 11 is 6.17. The molecule has 0 radical (unpaired) electrons. The molecule has 0 saturated heterocycles. The first-order valence-corrected chi connectivity index (χ1v) is 9.87. The minimum absolute atomic E-state index is 0.213. The summed E-state index contributed by atoms with van der Waals surface area (Å²) in [5.74, 6) is 0. The number of nitrogens with one attached hydrogen (secondary N) is 2. The number of thiazole rings is 1. The van der Waals surface area contributed by atoms with Gasteiger partial charge in [0.2, 0.25) is 10.0 Å². The van der Waals surface area contributed by atoms with E-state index in [0.29, 0.717) is 10.3 Å². The molecule has 9 heteroatoms. The minimum Gasteiger partial charge on any atom is -0.312 e. The first-order chi connectivity index (χ1) is 9.53. The molecule has 0 aliphatic rings. The predicted molar refractivity (Wildman–Crippen MR) is 85.5 cm³/mol. The molecule has 2 aromatic heterocycles. The molecule has 20 heavy (non-hydrogen) atoms. The third kappa shape index (κ3) is 4.09. The summed E-state index contributed by atoms with van der Waals surface area (Å²) < 4.78 is 27.7. The fourth-order valence-electron chi connectivity index (χ4n) is 1.49. The second-order valence-electron chi connectivity index (χ2n) is 3.88. The fraction of sp³-hybridized carbons (Fsp3) is 0.364. The Hall–Kier alpha value is -0.320. The van der Waals surface area contributed by atoms with Gasteiger partial charge in [-0.2, -0.15) is 0 Å². The average molecular weight is 396 g/mol. The van der Waals surface area contributed by atoms with Crippen molar-refractivity contribution in [1.29, 1.82) is 0 Å². The van der Waals surface area contributed by atoms with Gasteiger partial charge < -0.3 is 5.32 Å². The Morgan fingerprint density at radius 3 is 2.85 bits per heavy atom. The monoisotopic (exact) mass is 395 g/mol. The Balaban J connectivity index is 2.10. The van der Waals surface area contributed by atoms with E-state index in [2.05, 4.69) is 31.0 Å². The molecule has 0 spiro atoms. The SMILES string of the molecule is CCNCc1cc(S(=O)(=O)NCc2nccs2)c(Br)s1. The summed E-state index contributed by atoms with van der Waals surface area (Å²) in [5, 5.41) is 5.74. The van der Waals surface area contributed by atoms with Gasteiger partial charge in [0.25, 0.3) is 0 Å². The molecule has 0 aliphatic carbocycles. The van der Waals surface area contributed by atoms with Crippen LogP contribution < -0.4 is 10.0 Å². The number of rotatable bonds is 7. The first-order valence-electron chi connectivity index (χ1n) is 5.90. The number of hydrogen-bond acceptors (Lipinski definition) is 6. The van der Waals surface area contributed by atoms with Gasteiger partial charge in [-0.1, -0.05) is 6.92 Å². The van der Waals surface area contributed by atoms with Crippen LogP contribution in [0.1, 0.15) is 16.8 Å². The highest BCUT2D eigenvalue weighted by Crippen LogP contribution is 2.31. The maximum Gasteiger partial charge on any atom is 0.242 e. The van der Waals surface area contributed by atoms with Crippen LogP contribution in [0.25, 0.3) is 0 Å². The summed E-state index contributed by atoms with van der Waals surface area (Å²) in [5.41, 5.74) is 0. The van der Waals surface area contributed by atoms with E-state index in [-0.39, 0.29) is 11.4 Å². The molecule has 2 N–H and O–H groups in total. The second-order valence-corrected chi connectivity index (χ2v) is 9.05. The van der Waals surface area contributed by atoms with Gasteiger partial charge >= 0.3 is 0 Å². The Morgan fingerprint density at radius 2 is 2.20 bits per heavy atom. The molecule has 110 valence electrons. The molecular formula is C11H14BrN3O2S3. The van der Waals surface area contributed by atoms with E-state index < -0.39 is 10.0 Å². The van der Waals surface area contributed by atoms with Crippen LogP contribution in [0.3, 0.4) is 0 Å². The number of nitrogens with zero attached hydrogens (tertiary/aromatic N) is 1. The first kappa shape index (κ1) is 16.1. The number of sulfonamides is 1. The van der Waals surface area contributed by atoms with E-state index in [1.54, 1.807) is 12.3 Å². The van der Waals surface area contributed by atoms with E-state index >= 15 is 0 Å². The summed E-state index contributed by atoms with van der Waals surface area (Å²) in [6.45, 7) is 3.74. The van der Waals surface area contributed by atoms with Gasteiger partial charge in [0.05, 0.1) is 10.3 Å². The molecule has 0 fully saturated rings. The third-order valence-corrected chi connectivity index (χ3v) is 6.88. The maximum atomic E-state index is 12.3. The lowest BCUT2D eigenvalue weighted by Crippen LogP contribution is -2.23. The Bertz CT molecular complexity index is 653. The smallest absolute Gasteiger partial charge is 0.242 e. The molecule has 0 atom stereocenters. The highest BCUT2D eigenvalue weighted by atomic mass is 79.9. The molecule has 0 unspecified atom stereocenters. The largest absolute Gasteiger partial charge is 0.312 e. The van der Waals surface area contributed by atoms with Crippen LogP contribution in [0.4, 0.5) is 0 Å². The van der Waals surface area contributed by atoms with E-state index in [9.17, 15) is 8.42 Å². The van der Waals surface area contributed by atoms with Crippen LogP contribution in [0.5, 0.6) is 0 Å². The highest BCUT2D eigenvalue weighted by Gasteiger charge is 2.20. The number of aromatic nitrogens is 1. The Labute approximate surface area is 134 Å². The zero-order valence-electron chi connectivity index (χ0n) is 10.7. The Kier molecular flexibility index (Phi) is 5.70. The van der Waals surface area contributed by atoms with Gasteiger partial charge in [0.15, 0.2) is 0 Å². The molecule has 2 aromatic rings. The van der Waals surface area contributed by atoms with E-state index in [4.69, 9.17) is 0 Å². The normalized spacial score (nSPS) is 11.9. The van der Waals surface area contributed by atoms with Gasteiger partial charge in [0, 0.05) is 23.0 Å². The van der Waals surface area contributed by atoms with Crippen molar-refractivity contribution in [2.75, 3.05) is 6.54 Å². The van der Waals surface area contributed by atoms with Crippen LogP contribution in [-0.4, -0.2) is 19.9 Å². The molecule has 0 bridgehead atoms. The van der Waals surface area contributed by atoms with Gasteiger partial charge in [-0.25, -0.2) is 18.1 Å². The minimum atomic E-state index is -3.52. The van der Waals surface area contributed by atoms with Gasteiger partial charge in [-0.3, -0.25) is 0 Å². The van der Waals surface area contributed by atoms with Gasteiger partial charge in [0.1, 0.15) is 9.90 Å². The van der Waals surface area contributed by atoms with E-state index in [1.807, 2.05) is 12.3 Å². The maximum absolute atomic E-state index is 12.3. The van der Waals surface area contributed by atoms with Crippen LogP contribution in [0.2, 0.25) is 0 Å². The predicted octanol–water partition coefficient (Wildman–Crippen LogP) is 2.56.